The van der Waals surface area contributed by atoms with Crippen LogP contribution in [0.25, 0.3) is 0 Å². The second kappa shape index (κ2) is 8.86. The first-order valence-electron chi connectivity index (χ1n) is 9.55. The van der Waals surface area contributed by atoms with Crippen LogP contribution in [-0.4, -0.2) is 41.4 Å². The standard InChI is InChI=1S/C20H28N4O4/c1-5-7-14-8-10-15(11-9-14)20(4)17(26)24(19(28)23-20)12-16(25)22-18(27)21-13(3)6-2/h8-11,13H,5-7,12H2,1-4H3,(H,23,28)(H2,21,22,25,27)/t13-,20-/m0/s1. The number of benzene rings is 1. The van der Waals surface area contributed by atoms with Gasteiger partial charge in [-0.1, -0.05) is 44.5 Å². The molecule has 2 rings (SSSR count). The van der Waals surface area contributed by atoms with Gasteiger partial charge in [0.25, 0.3) is 5.91 Å². The van der Waals surface area contributed by atoms with Gasteiger partial charge in [0.2, 0.25) is 5.91 Å². The number of urea groups is 2. The highest BCUT2D eigenvalue weighted by molar-refractivity contribution is 6.10. The van der Waals surface area contributed by atoms with E-state index in [0.29, 0.717) is 12.0 Å². The number of carbonyl (C=O) groups is 4. The van der Waals surface area contributed by atoms with Crippen molar-refractivity contribution in [3.05, 3.63) is 35.4 Å². The molecule has 0 spiro atoms. The lowest BCUT2D eigenvalue weighted by molar-refractivity contribution is -0.134. The van der Waals surface area contributed by atoms with Crippen molar-refractivity contribution in [3.8, 4) is 0 Å². The van der Waals surface area contributed by atoms with Crippen molar-refractivity contribution >= 4 is 23.9 Å². The lowest BCUT2D eigenvalue weighted by Gasteiger charge is -2.22. The van der Waals surface area contributed by atoms with E-state index in [0.717, 1.165) is 23.3 Å². The van der Waals surface area contributed by atoms with E-state index in [1.54, 1.807) is 13.8 Å². The Morgan fingerprint density at radius 3 is 2.39 bits per heavy atom. The average Bonchev–Trinajstić information content (AvgIpc) is 2.86. The molecule has 1 saturated heterocycles. The molecule has 8 heteroatoms. The number of carbonyl (C=O) groups excluding carboxylic acids is 4. The monoisotopic (exact) mass is 388 g/mol. The number of nitrogens with one attached hydrogen (secondary N) is 3. The van der Waals surface area contributed by atoms with Crippen LogP contribution in [0.2, 0.25) is 0 Å². The summed E-state index contributed by atoms with van der Waals surface area (Å²) in [5.74, 6) is -1.26. The number of amides is 6. The van der Waals surface area contributed by atoms with Gasteiger partial charge in [0.1, 0.15) is 12.1 Å². The summed E-state index contributed by atoms with van der Waals surface area (Å²) in [6.07, 6.45) is 2.66. The summed E-state index contributed by atoms with van der Waals surface area (Å²) in [6.45, 7) is 6.87. The molecule has 0 radical (unpaired) electrons. The molecule has 8 nitrogen and oxygen atoms in total. The number of aryl methyl sites for hydroxylation is 1. The number of imide groups is 2. The van der Waals surface area contributed by atoms with Crippen molar-refractivity contribution in [3.63, 3.8) is 0 Å². The van der Waals surface area contributed by atoms with Gasteiger partial charge >= 0.3 is 12.1 Å². The van der Waals surface area contributed by atoms with Crippen molar-refractivity contribution in [2.45, 2.75) is 58.5 Å². The SMILES string of the molecule is CCCc1ccc([C@]2(C)NC(=O)N(CC(=O)NC(=O)N[C@@H](C)CC)C2=O)cc1. The maximum atomic E-state index is 12.9. The Kier molecular flexibility index (Phi) is 6.77. The molecule has 1 aliphatic heterocycles. The first-order chi connectivity index (χ1) is 13.2. The summed E-state index contributed by atoms with van der Waals surface area (Å²) in [7, 11) is 0. The van der Waals surface area contributed by atoms with E-state index in [1.807, 2.05) is 31.2 Å². The second-order valence-corrected chi connectivity index (χ2v) is 7.22. The molecule has 1 aromatic carbocycles. The minimum atomic E-state index is -1.25. The van der Waals surface area contributed by atoms with Crippen LogP contribution in [0.3, 0.4) is 0 Å². The van der Waals surface area contributed by atoms with Crippen LogP contribution in [0.15, 0.2) is 24.3 Å². The van der Waals surface area contributed by atoms with Crippen LogP contribution in [0.5, 0.6) is 0 Å². The highest BCUT2D eigenvalue weighted by Crippen LogP contribution is 2.29. The van der Waals surface area contributed by atoms with E-state index >= 15 is 0 Å². The van der Waals surface area contributed by atoms with Crippen LogP contribution in [0.1, 0.15) is 51.7 Å². The molecule has 0 unspecified atom stereocenters. The molecule has 3 N–H and O–H groups in total. The smallest absolute Gasteiger partial charge is 0.325 e. The Balaban J connectivity index is 2.06. The normalized spacial score (nSPS) is 19.9. The third-order valence-corrected chi connectivity index (χ3v) is 4.89. The molecule has 0 bridgehead atoms. The van der Waals surface area contributed by atoms with Gasteiger partial charge in [-0.25, -0.2) is 9.59 Å². The van der Waals surface area contributed by atoms with Crippen LogP contribution >= 0.6 is 0 Å². The molecule has 0 aliphatic carbocycles. The van der Waals surface area contributed by atoms with Gasteiger partial charge in [-0.2, -0.15) is 0 Å². The number of nitrogens with zero attached hydrogens (tertiary/aromatic N) is 1. The zero-order valence-corrected chi connectivity index (χ0v) is 16.8. The molecular weight excluding hydrogens is 360 g/mol. The maximum Gasteiger partial charge on any atom is 0.325 e. The molecule has 28 heavy (non-hydrogen) atoms. The third-order valence-electron chi connectivity index (χ3n) is 4.89. The minimum Gasteiger partial charge on any atom is -0.335 e. The second-order valence-electron chi connectivity index (χ2n) is 7.22. The molecule has 1 fully saturated rings. The van der Waals surface area contributed by atoms with Gasteiger partial charge in [-0.15, -0.1) is 0 Å². The quantitative estimate of drug-likeness (QED) is 0.621. The largest absolute Gasteiger partial charge is 0.335 e. The first kappa shape index (κ1) is 21.4. The summed E-state index contributed by atoms with van der Waals surface area (Å²) in [4.78, 5) is 49.8. The van der Waals surface area contributed by atoms with E-state index < -0.39 is 36.0 Å². The zero-order valence-electron chi connectivity index (χ0n) is 16.8. The van der Waals surface area contributed by atoms with Gasteiger partial charge in [0.05, 0.1) is 0 Å². The Morgan fingerprint density at radius 2 is 1.82 bits per heavy atom. The van der Waals surface area contributed by atoms with Gasteiger partial charge in [0, 0.05) is 6.04 Å². The molecule has 1 aliphatic rings. The number of hydrogen-bond donors (Lipinski definition) is 3. The molecule has 6 amide bonds. The summed E-state index contributed by atoms with van der Waals surface area (Å²) >= 11 is 0. The van der Waals surface area contributed by atoms with Crippen molar-refractivity contribution in [1.82, 2.24) is 20.9 Å². The predicted octanol–water partition coefficient (Wildman–Crippen LogP) is 2.03. The molecule has 2 atom stereocenters. The molecule has 0 saturated carbocycles. The maximum absolute atomic E-state index is 12.9. The van der Waals surface area contributed by atoms with E-state index in [-0.39, 0.29) is 6.04 Å². The predicted molar refractivity (Wildman–Crippen MR) is 104 cm³/mol. The van der Waals surface area contributed by atoms with Crippen LogP contribution < -0.4 is 16.0 Å². The van der Waals surface area contributed by atoms with Crippen LogP contribution in [0, 0.1) is 0 Å². The number of hydrogen-bond acceptors (Lipinski definition) is 4. The fourth-order valence-corrected chi connectivity index (χ4v) is 3.00. The van der Waals surface area contributed by atoms with E-state index in [1.165, 1.54) is 0 Å². The lowest BCUT2D eigenvalue weighted by Crippen LogP contribution is -2.48. The highest BCUT2D eigenvalue weighted by Gasteiger charge is 2.49. The summed E-state index contributed by atoms with van der Waals surface area (Å²) in [6, 6.07) is 6.07. The van der Waals surface area contributed by atoms with Gasteiger partial charge < -0.3 is 10.6 Å². The molecular formula is C20H28N4O4. The average molecular weight is 388 g/mol. The van der Waals surface area contributed by atoms with Crippen molar-refractivity contribution in [2.75, 3.05) is 6.54 Å². The Morgan fingerprint density at radius 1 is 1.18 bits per heavy atom. The van der Waals surface area contributed by atoms with Crippen molar-refractivity contribution < 1.29 is 19.2 Å². The lowest BCUT2D eigenvalue weighted by atomic mass is 9.91. The van der Waals surface area contributed by atoms with Gasteiger partial charge in [-0.05, 0) is 37.8 Å². The van der Waals surface area contributed by atoms with Gasteiger partial charge in [-0.3, -0.25) is 19.8 Å². The number of rotatable bonds is 7. The van der Waals surface area contributed by atoms with Crippen molar-refractivity contribution in [2.24, 2.45) is 0 Å². The topological polar surface area (TPSA) is 108 Å². The molecule has 1 aromatic rings. The summed E-state index contributed by atoms with van der Waals surface area (Å²) < 4.78 is 0. The fourth-order valence-electron chi connectivity index (χ4n) is 3.00. The summed E-state index contributed by atoms with van der Waals surface area (Å²) in [5.41, 5.74) is 0.541. The van der Waals surface area contributed by atoms with Crippen LogP contribution in [0.4, 0.5) is 9.59 Å². The summed E-state index contributed by atoms with van der Waals surface area (Å²) in [5, 5.41) is 7.38. The molecule has 152 valence electrons. The van der Waals surface area contributed by atoms with Crippen LogP contribution in [-0.2, 0) is 21.5 Å². The van der Waals surface area contributed by atoms with E-state index in [2.05, 4.69) is 22.9 Å². The zero-order chi connectivity index (χ0) is 20.9. The first-order valence-corrected chi connectivity index (χ1v) is 9.55. The Hall–Kier alpha value is -2.90. The third kappa shape index (κ3) is 4.68. The Labute approximate surface area is 165 Å². The van der Waals surface area contributed by atoms with Gasteiger partial charge in [0.15, 0.2) is 0 Å². The fraction of sp³-hybridized carbons (Fsp3) is 0.500. The highest BCUT2D eigenvalue weighted by atomic mass is 16.2. The minimum absolute atomic E-state index is 0.0940. The Bertz CT molecular complexity index is 762. The van der Waals surface area contributed by atoms with E-state index in [4.69, 9.17) is 0 Å². The molecule has 0 aromatic heterocycles. The van der Waals surface area contributed by atoms with E-state index in [9.17, 15) is 19.2 Å². The molecule has 1 heterocycles. The van der Waals surface area contributed by atoms with Crippen molar-refractivity contribution in [1.29, 1.82) is 0 Å².